The van der Waals surface area contributed by atoms with Crippen LogP contribution in [0.3, 0.4) is 0 Å². The molecule has 10 heteroatoms. The van der Waals surface area contributed by atoms with E-state index in [1.54, 1.807) is 0 Å². The molecule has 0 radical (unpaired) electrons. The van der Waals surface area contributed by atoms with Crippen LogP contribution in [0.2, 0.25) is 0 Å². The van der Waals surface area contributed by atoms with E-state index < -0.39 is 11.9 Å². The van der Waals surface area contributed by atoms with Crippen LogP contribution in [0.15, 0.2) is 30.3 Å². The molecule has 236 valence electrons. The molecule has 2 aromatic heterocycles. The fourth-order valence-electron chi connectivity index (χ4n) is 7.63. The van der Waals surface area contributed by atoms with Crippen molar-refractivity contribution >= 4 is 34.8 Å². The molecular formula is C34H47N7O3. The molecule has 2 aliphatic carbocycles. The van der Waals surface area contributed by atoms with Gasteiger partial charge in [-0.3, -0.25) is 4.79 Å². The quantitative estimate of drug-likeness (QED) is 0.317. The SMILES string of the molecule is CC1CCC(Cn2c(N3CCOC[C@H]3c3ccccc3)nc3nc(N4CCC(C(=O)O)C4)nc(N[C@H](C)C4CCC4)c32)CC1. The third kappa shape index (κ3) is 5.85. The van der Waals surface area contributed by atoms with Crippen molar-refractivity contribution in [3.8, 4) is 0 Å². The summed E-state index contributed by atoms with van der Waals surface area (Å²) in [4.78, 5) is 31.8. The number of nitrogens with zero attached hydrogens (tertiary/aromatic N) is 6. The fraction of sp³-hybridized carbons (Fsp3) is 0.647. The molecule has 2 N–H and O–H groups in total. The van der Waals surface area contributed by atoms with Gasteiger partial charge in [0.1, 0.15) is 5.52 Å². The molecule has 0 spiro atoms. The molecule has 2 aliphatic heterocycles. The van der Waals surface area contributed by atoms with Crippen LogP contribution in [0.4, 0.5) is 17.7 Å². The third-order valence-electron chi connectivity index (χ3n) is 10.8. The first-order valence-electron chi connectivity index (χ1n) is 16.9. The largest absolute Gasteiger partial charge is 0.481 e. The van der Waals surface area contributed by atoms with Crippen LogP contribution < -0.4 is 15.1 Å². The molecule has 3 aromatic rings. The number of hydrogen-bond acceptors (Lipinski definition) is 8. The lowest BCUT2D eigenvalue weighted by Gasteiger charge is -2.37. The Kier molecular flexibility index (Phi) is 8.35. The lowest BCUT2D eigenvalue weighted by atomic mass is 9.80. The van der Waals surface area contributed by atoms with Crippen molar-refractivity contribution in [3.63, 3.8) is 0 Å². The number of carbonyl (C=O) groups is 1. The lowest BCUT2D eigenvalue weighted by molar-refractivity contribution is -0.140. The predicted octanol–water partition coefficient (Wildman–Crippen LogP) is 5.74. The minimum absolute atomic E-state index is 0.0551. The van der Waals surface area contributed by atoms with Crippen LogP contribution >= 0.6 is 0 Å². The lowest BCUT2D eigenvalue weighted by Crippen LogP contribution is -2.41. The number of imidazole rings is 1. The third-order valence-corrected chi connectivity index (χ3v) is 10.8. The summed E-state index contributed by atoms with van der Waals surface area (Å²) >= 11 is 0. The van der Waals surface area contributed by atoms with Gasteiger partial charge in [-0.05, 0) is 62.3 Å². The van der Waals surface area contributed by atoms with Crippen molar-refractivity contribution in [3.05, 3.63) is 35.9 Å². The van der Waals surface area contributed by atoms with Crippen molar-refractivity contribution in [1.82, 2.24) is 19.5 Å². The van der Waals surface area contributed by atoms with Crippen LogP contribution in [0.1, 0.15) is 76.8 Å². The molecule has 7 rings (SSSR count). The average Bonchev–Trinajstić information content (AvgIpc) is 3.64. The predicted molar refractivity (Wildman–Crippen MR) is 172 cm³/mol. The Bertz CT molecular complexity index is 1450. The number of hydrogen-bond donors (Lipinski definition) is 2. The zero-order valence-electron chi connectivity index (χ0n) is 26.2. The number of anilines is 3. The Hall–Kier alpha value is -3.40. The van der Waals surface area contributed by atoms with Gasteiger partial charge in [-0.2, -0.15) is 15.0 Å². The van der Waals surface area contributed by atoms with E-state index in [-0.39, 0.29) is 12.1 Å². The summed E-state index contributed by atoms with van der Waals surface area (Å²) in [6.07, 6.45) is 9.32. The first-order chi connectivity index (χ1) is 21.4. The minimum atomic E-state index is -0.752. The van der Waals surface area contributed by atoms with E-state index in [1.165, 1.54) is 50.5 Å². The van der Waals surface area contributed by atoms with Crippen LogP contribution in [0.25, 0.3) is 11.2 Å². The van der Waals surface area contributed by atoms with Crippen molar-refractivity contribution in [2.75, 3.05) is 48.0 Å². The number of benzene rings is 1. The Morgan fingerprint density at radius 1 is 1.05 bits per heavy atom. The maximum Gasteiger partial charge on any atom is 0.308 e. The summed E-state index contributed by atoms with van der Waals surface area (Å²) in [6, 6.07) is 10.9. The molecular weight excluding hydrogens is 554 g/mol. The van der Waals surface area contributed by atoms with Gasteiger partial charge in [0, 0.05) is 32.2 Å². The standard InChI is InChI=1S/C34H47N7O3/c1-22-11-13-24(14-12-22)19-41-29-30(35-23(2)25-9-6-10-25)36-33(39-16-15-27(20-39)32(42)43)37-31(29)38-34(41)40-17-18-44-21-28(40)26-7-4-3-5-8-26/h3-5,7-8,22-25,27-28H,6,9-21H2,1-2H3,(H,42,43)(H,35,36,37)/t22?,23-,24?,27?,28+/m1/s1. The monoisotopic (exact) mass is 601 g/mol. The van der Waals surface area contributed by atoms with Gasteiger partial charge in [0.25, 0.3) is 0 Å². The number of carboxylic acid groups (broad SMARTS) is 1. The van der Waals surface area contributed by atoms with E-state index in [1.807, 2.05) is 4.90 Å². The maximum absolute atomic E-state index is 11.8. The molecule has 10 nitrogen and oxygen atoms in total. The molecule has 1 unspecified atom stereocenters. The molecule has 4 aliphatic rings. The van der Waals surface area contributed by atoms with Gasteiger partial charge in [-0.25, -0.2) is 0 Å². The van der Waals surface area contributed by atoms with E-state index in [0.29, 0.717) is 56.2 Å². The molecule has 4 heterocycles. The van der Waals surface area contributed by atoms with E-state index in [0.717, 1.165) is 36.3 Å². The molecule has 2 saturated heterocycles. The summed E-state index contributed by atoms with van der Waals surface area (Å²) < 4.78 is 8.45. The van der Waals surface area contributed by atoms with Crippen molar-refractivity contribution < 1.29 is 14.6 Å². The van der Waals surface area contributed by atoms with E-state index >= 15 is 0 Å². The zero-order valence-corrected chi connectivity index (χ0v) is 26.2. The van der Waals surface area contributed by atoms with E-state index in [2.05, 4.69) is 59.0 Å². The topological polar surface area (TPSA) is 109 Å². The fourth-order valence-corrected chi connectivity index (χ4v) is 7.63. The van der Waals surface area contributed by atoms with Crippen molar-refractivity contribution in [2.24, 2.45) is 23.7 Å². The number of nitrogens with one attached hydrogen (secondary N) is 1. The van der Waals surface area contributed by atoms with Gasteiger partial charge in [0.2, 0.25) is 11.9 Å². The Morgan fingerprint density at radius 3 is 2.55 bits per heavy atom. The molecule has 0 amide bonds. The first kappa shape index (κ1) is 29.3. The highest BCUT2D eigenvalue weighted by Gasteiger charge is 2.35. The number of aliphatic carboxylic acids is 1. The number of carboxylic acids is 1. The van der Waals surface area contributed by atoms with Crippen LogP contribution in [0, 0.1) is 23.7 Å². The normalized spacial score (nSPS) is 27.0. The van der Waals surface area contributed by atoms with Gasteiger partial charge in [0.15, 0.2) is 11.5 Å². The number of fused-ring (bicyclic) bond motifs is 1. The molecule has 0 bridgehead atoms. The second kappa shape index (κ2) is 12.5. The van der Waals surface area contributed by atoms with Gasteiger partial charge >= 0.3 is 5.97 Å². The highest BCUT2D eigenvalue weighted by molar-refractivity contribution is 5.87. The summed E-state index contributed by atoms with van der Waals surface area (Å²) in [5.74, 6) is 3.18. The van der Waals surface area contributed by atoms with Crippen LogP contribution in [0.5, 0.6) is 0 Å². The average molecular weight is 602 g/mol. The maximum atomic E-state index is 11.8. The smallest absolute Gasteiger partial charge is 0.308 e. The second-order valence-electron chi connectivity index (χ2n) is 13.8. The second-order valence-corrected chi connectivity index (χ2v) is 13.8. The number of ether oxygens (including phenoxy) is 1. The van der Waals surface area contributed by atoms with E-state index in [4.69, 9.17) is 19.7 Å². The summed E-state index contributed by atoms with van der Waals surface area (Å²) in [5, 5.41) is 13.5. The van der Waals surface area contributed by atoms with Gasteiger partial charge in [-0.15, -0.1) is 0 Å². The first-order valence-corrected chi connectivity index (χ1v) is 16.9. The van der Waals surface area contributed by atoms with Gasteiger partial charge in [-0.1, -0.05) is 56.5 Å². The summed E-state index contributed by atoms with van der Waals surface area (Å²) in [5.41, 5.74) is 2.88. The number of aromatic nitrogens is 4. The zero-order chi connectivity index (χ0) is 30.2. The molecule has 4 fully saturated rings. The summed E-state index contributed by atoms with van der Waals surface area (Å²) in [6.45, 7) is 8.59. The van der Waals surface area contributed by atoms with E-state index in [9.17, 15) is 9.90 Å². The van der Waals surface area contributed by atoms with Crippen molar-refractivity contribution in [1.29, 1.82) is 0 Å². The van der Waals surface area contributed by atoms with Crippen LogP contribution in [-0.2, 0) is 16.1 Å². The Morgan fingerprint density at radius 2 is 1.84 bits per heavy atom. The molecule has 44 heavy (non-hydrogen) atoms. The van der Waals surface area contributed by atoms with Crippen molar-refractivity contribution in [2.45, 2.75) is 83.8 Å². The molecule has 1 aromatic carbocycles. The highest BCUT2D eigenvalue weighted by atomic mass is 16.5. The number of morpholine rings is 1. The highest BCUT2D eigenvalue weighted by Crippen LogP contribution is 2.39. The Labute approximate surface area is 260 Å². The summed E-state index contributed by atoms with van der Waals surface area (Å²) in [7, 11) is 0. The minimum Gasteiger partial charge on any atom is -0.481 e. The van der Waals surface area contributed by atoms with Gasteiger partial charge in [0.05, 0.1) is 25.2 Å². The Balaban J connectivity index is 1.34. The van der Waals surface area contributed by atoms with Gasteiger partial charge < -0.3 is 29.5 Å². The number of rotatable bonds is 9. The van der Waals surface area contributed by atoms with Crippen LogP contribution in [-0.4, -0.2) is 69.5 Å². The molecule has 3 atom stereocenters. The molecule has 2 saturated carbocycles.